The molecule has 1 unspecified atom stereocenters. The van der Waals surface area contributed by atoms with E-state index in [9.17, 15) is 0 Å². The van der Waals surface area contributed by atoms with Crippen LogP contribution in [0.4, 0.5) is 0 Å². The molecular weight excluding hydrogens is 188 g/mol. The molecule has 1 fully saturated rings. The minimum Gasteiger partial charge on any atom is -0.481 e. The molecule has 1 atom stereocenters. The van der Waals surface area contributed by atoms with Gasteiger partial charge in [0.15, 0.2) is 0 Å². The second-order valence-corrected chi connectivity index (χ2v) is 3.42. The molecule has 1 aromatic rings. The molecule has 4 heteroatoms. The zero-order valence-electron chi connectivity index (χ0n) is 7.38. The van der Waals surface area contributed by atoms with Crippen LogP contribution in [0.5, 0.6) is 5.88 Å². The first-order chi connectivity index (χ1) is 6.33. The Labute approximate surface area is 82.1 Å². The molecule has 2 heterocycles. The van der Waals surface area contributed by atoms with Crippen molar-refractivity contribution in [1.29, 1.82) is 0 Å². The number of pyridine rings is 1. The summed E-state index contributed by atoms with van der Waals surface area (Å²) >= 11 is 6.06. The summed E-state index contributed by atoms with van der Waals surface area (Å²) in [5, 5.41) is 4.00. The molecule has 1 aliphatic rings. The number of halogens is 1. The van der Waals surface area contributed by atoms with E-state index in [-0.39, 0.29) is 0 Å². The summed E-state index contributed by atoms with van der Waals surface area (Å²) in [5.41, 5.74) is 0.984. The van der Waals surface area contributed by atoms with Gasteiger partial charge < -0.3 is 10.1 Å². The number of nitrogens with one attached hydrogen (secondary N) is 1. The second kappa shape index (κ2) is 3.52. The van der Waals surface area contributed by atoms with Crippen molar-refractivity contribution in [1.82, 2.24) is 10.3 Å². The predicted octanol–water partition coefficient (Wildman–Crippen LogP) is 1.78. The van der Waals surface area contributed by atoms with Crippen molar-refractivity contribution in [2.45, 2.75) is 12.5 Å². The lowest BCUT2D eigenvalue weighted by molar-refractivity contribution is 0.345. The zero-order valence-corrected chi connectivity index (χ0v) is 8.14. The first-order valence-corrected chi connectivity index (χ1v) is 4.62. The standard InChI is InChI=1S/C9H11ClN2O/c1-13-9-8(7-3-5-11-7)6(10)2-4-12-9/h2,4,7,11H,3,5H2,1H3. The van der Waals surface area contributed by atoms with E-state index in [1.165, 1.54) is 0 Å². The second-order valence-electron chi connectivity index (χ2n) is 3.01. The zero-order chi connectivity index (χ0) is 9.26. The van der Waals surface area contributed by atoms with Crippen LogP contribution >= 0.6 is 11.6 Å². The summed E-state index contributed by atoms with van der Waals surface area (Å²) in [6.07, 6.45) is 2.76. The van der Waals surface area contributed by atoms with Gasteiger partial charge in [0.05, 0.1) is 12.1 Å². The van der Waals surface area contributed by atoms with Crippen molar-refractivity contribution >= 4 is 11.6 Å². The largest absolute Gasteiger partial charge is 0.481 e. The highest BCUT2D eigenvalue weighted by Gasteiger charge is 2.25. The predicted molar refractivity (Wildman–Crippen MR) is 51.2 cm³/mol. The Balaban J connectivity index is 2.39. The van der Waals surface area contributed by atoms with Crippen LogP contribution in [0.15, 0.2) is 12.3 Å². The quantitative estimate of drug-likeness (QED) is 0.787. The molecule has 1 aliphatic heterocycles. The summed E-state index contributed by atoms with van der Waals surface area (Å²) in [5.74, 6) is 0.629. The average Bonchev–Trinajstić information content (AvgIpc) is 2.05. The Morgan fingerprint density at radius 3 is 3.00 bits per heavy atom. The first-order valence-electron chi connectivity index (χ1n) is 4.24. The molecule has 13 heavy (non-hydrogen) atoms. The smallest absolute Gasteiger partial charge is 0.219 e. The molecular formula is C9H11ClN2O. The number of methoxy groups -OCH3 is 1. The maximum absolute atomic E-state index is 6.06. The fourth-order valence-corrected chi connectivity index (χ4v) is 1.71. The number of aromatic nitrogens is 1. The molecule has 0 aromatic carbocycles. The summed E-state index contributed by atoms with van der Waals surface area (Å²) in [4.78, 5) is 4.11. The van der Waals surface area contributed by atoms with E-state index in [2.05, 4.69) is 10.3 Å². The van der Waals surface area contributed by atoms with E-state index in [4.69, 9.17) is 16.3 Å². The van der Waals surface area contributed by atoms with Crippen molar-refractivity contribution in [2.75, 3.05) is 13.7 Å². The van der Waals surface area contributed by atoms with Gasteiger partial charge in [0.25, 0.3) is 0 Å². The number of hydrogen-bond acceptors (Lipinski definition) is 3. The van der Waals surface area contributed by atoms with E-state index < -0.39 is 0 Å². The lowest BCUT2D eigenvalue weighted by atomic mass is 9.99. The van der Waals surface area contributed by atoms with Crippen LogP contribution in [0.25, 0.3) is 0 Å². The summed E-state index contributed by atoms with van der Waals surface area (Å²) in [6.45, 7) is 1.04. The topological polar surface area (TPSA) is 34.1 Å². The molecule has 1 aromatic heterocycles. The summed E-state index contributed by atoms with van der Waals surface area (Å²) in [6, 6.07) is 2.11. The molecule has 0 amide bonds. The first kappa shape index (κ1) is 8.78. The van der Waals surface area contributed by atoms with Gasteiger partial charge in [-0.25, -0.2) is 4.98 Å². The Morgan fingerprint density at radius 1 is 1.69 bits per heavy atom. The highest BCUT2D eigenvalue weighted by Crippen LogP contribution is 2.34. The van der Waals surface area contributed by atoms with Crippen molar-refractivity contribution in [3.05, 3.63) is 22.8 Å². The normalized spacial score (nSPS) is 20.9. The highest BCUT2D eigenvalue weighted by molar-refractivity contribution is 6.31. The minimum absolute atomic E-state index is 0.316. The van der Waals surface area contributed by atoms with Gasteiger partial charge in [-0.1, -0.05) is 11.6 Å². The molecule has 2 rings (SSSR count). The maximum atomic E-state index is 6.06. The van der Waals surface area contributed by atoms with Gasteiger partial charge in [-0.15, -0.1) is 0 Å². The lowest BCUT2D eigenvalue weighted by Crippen LogP contribution is -2.35. The molecule has 3 nitrogen and oxygen atoms in total. The SMILES string of the molecule is COc1nccc(Cl)c1C1CCN1. The Hall–Kier alpha value is -0.800. The van der Waals surface area contributed by atoms with Crippen molar-refractivity contribution in [3.8, 4) is 5.88 Å². The fourth-order valence-electron chi connectivity index (χ4n) is 1.45. The van der Waals surface area contributed by atoms with Crippen LogP contribution in [0, 0.1) is 0 Å². The Bertz CT molecular complexity index is 312. The number of nitrogens with zero attached hydrogens (tertiary/aromatic N) is 1. The lowest BCUT2D eigenvalue weighted by Gasteiger charge is -2.29. The molecule has 1 saturated heterocycles. The van der Waals surface area contributed by atoms with Gasteiger partial charge in [-0.05, 0) is 19.0 Å². The van der Waals surface area contributed by atoms with Crippen LogP contribution in [0.3, 0.4) is 0 Å². The number of ether oxygens (including phenoxy) is 1. The van der Waals surface area contributed by atoms with Crippen molar-refractivity contribution < 1.29 is 4.74 Å². The maximum Gasteiger partial charge on any atom is 0.219 e. The summed E-state index contributed by atoms with van der Waals surface area (Å²) in [7, 11) is 1.61. The van der Waals surface area contributed by atoms with Crippen molar-refractivity contribution in [2.24, 2.45) is 0 Å². The van der Waals surface area contributed by atoms with Crippen LogP contribution in [0.1, 0.15) is 18.0 Å². The van der Waals surface area contributed by atoms with Crippen LogP contribution in [-0.4, -0.2) is 18.6 Å². The number of rotatable bonds is 2. The van der Waals surface area contributed by atoms with Gasteiger partial charge in [-0.2, -0.15) is 0 Å². The van der Waals surface area contributed by atoms with E-state index in [1.54, 1.807) is 19.4 Å². The Morgan fingerprint density at radius 2 is 2.46 bits per heavy atom. The van der Waals surface area contributed by atoms with E-state index >= 15 is 0 Å². The van der Waals surface area contributed by atoms with Crippen molar-refractivity contribution in [3.63, 3.8) is 0 Å². The van der Waals surface area contributed by atoms with E-state index in [1.807, 2.05) is 0 Å². The number of hydrogen-bond donors (Lipinski definition) is 1. The fraction of sp³-hybridized carbons (Fsp3) is 0.444. The molecule has 70 valence electrons. The molecule has 1 N–H and O–H groups in total. The van der Waals surface area contributed by atoms with Crippen LogP contribution < -0.4 is 10.1 Å². The molecule has 0 aliphatic carbocycles. The van der Waals surface area contributed by atoms with Gasteiger partial charge in [-0.3, -0.25) is 0 Å². The van der Waals surface area contributed by atoms with E-state index in [0.29, 0.717) is 11.9 Å². The third kappa shape index (κ3) is 1.49. The molecule has 0 saturated carbocycles. The Kier molecular flexibility index (Phi) is 2.38. The minimum atomic E-state index is 0.316. The highest BCUT2D eigenvalue weighted by atomic mass is 35.5. The van der Waals surface area contributed by atoms with Crippen LogP contribution in [-0.2, 0) is 0 Å². The molecule has 0 radical (unpaired) electrons. The van der Waals surface area contributed by atoms with E-state index in [0.717, 1.165) is 23.6 Å². The molecule has 0 bridgehead atoms. The average molecular weight is 199 g/mol. The van der Waals surface area contributed by atoms with Gasteiger partial charge in [0.1, 0.15) is 0 Å². The third-order valence-corrected chi connectivity index (χ3v) is 2.60. The van der Waals surface area contributed by atoms with Gasteiger partial charge in [0, 0.05) is 17.8 Å². The monoisotopic (exact) mass is 198 g/mol. The van der Waals surface area contributed by atoms with Gasteiger partial charge >= 0.3 is 0 Å². The van der Waals surface area contributed by atoms with Gasteiger partial charge in [0.2, 0.25) is 5.88 Å². The third-order valence-electron chi connectivity index (χ3n) is 2.27. The van der Waals surface area contributed by atoms with Crippen LogP contribution in [0.2, 0.25) is 5.02 Å². The summed E-state index contributed by atoms with van der Waals surface area (Å²) < 4.78 is 5.15. The molecule has 0 spiro atoms.